The molecule has 2 nitrogen and oxygen atoms in total. The average Bonchev–Trinajstić information content (AvgIpc) is 2.58. The van der Waals surface area contributed by atoms with Gasteiger partial charge in [0.25, 0.3) is 0 Å². The van der Waals surface area contributed by atoms with Gasteiger partial charge in [0.2, 0.25) is 0 Å². The lowest BCUT2D eigenvalue weighted by Gasteiger charge is -1.99. The summed E-state index contributed by atoms with van der Waals surface area (Å²) in [5.41, 5.74) is 3.68. The van der Waals surface area contributed by atoms with Crippen LogP contribution in [0.3, 0.4) is 0 Å². The van der Waals surface area contributed by atoms with Gasteiger partial charge in [-0.15, -0.1) is 0 Å². The topological polar surface area (TPSA) is 39.6 Å². The molecule has 1 N–H and O–H groups in total. The first-order valence-electron chi connectivity index (χ1n) is 4.75. The van der Waals surface area contributed by atoms with E-state index in [-0.39, 0.29) is 0 Å². The maximum absolute atomic E-state index is 8.54. The number of fused-ring (bicyclic) bond motifs is 1. The number of aromatic amines is 1. The molecule has 0 bridgehead atoms. The van der Waals surface area contributed by atoms with Crippen LogP contribution >= 0.6 is 0 Å². The van der Waals surface area contributed by atoms with E-state index in [2.05, 4.69) is 36.2 Å². The van der Waals surface area contributed by atoms with E-state index in [9.17, 15) is 0 Å². The Morgan fingerprint density at radius 3 is 3.07 bits per heavy atom. The average molecular weight is 184 g/mol. The highest BCUT2D eigenvalue weighted by Gasteiger charge is 2.03. The predicted molar refractivity (Wildman–Crippen MR) is 57.0 cm³/mol. The standard InChI is InChI=1S/C12H12N2/c1-9-8-14-12-10(5-3-7-13)4-2-6-11(9)12/h2,4,6,8,14H,3,5H2,1H3. The van der Waals surface area contributed by atoms with Gasteiger partial charge < -0.3 is 4.98 Å². The number of aryl methyl sites for hydroxylation is 2. The van der Waals surface area contributed by atoms with E-state index in [0.29, 0.717) is 6.42 Å². The molecule has 0 saturated heterocycles. The molecule has 0 radical (unpaired) electrons. The van der Waals surface area contributed by atoms with E-state index in [1.54, 1.807) is 0 Å². The monoisotopic (exact) mass is 184 g/mol. The Balaban J connectivity index is 2.50. The third-order valence-corrected chi connectivity index (χ3v) is 2.51. The van der Waals surface area contributed by atoms with Crippen LogP contribution in [-0.2, 0) is 6.42 Å². The van der Waals surface area contributed by atoms with Crippen LogP contribution in [0.2, 0.25) is 0 Å². The zero-order chi connectivity index (χ0) is 9.97. The highest BCUT2D eigenvalue weighted by atomic mass is 14.7. The van der Waals surface area contributed by atoms with Gasteiger partial charge in [-0.3, -0.25) is 0 Å². The predicted octanol–water partition coefficient (Wildman–Crippen LogP) is 2.93. The fourth-order valence-electron chi connectivity index (χ4n) is 1.76. The van der Waals surface area contributed by atoms with E-state index in [4.69, 9.17) is 5.26 Å². The van der Waals surface area contributed by atoms with Crippen LogP contribution in [0, 0.1) is 18.3 Å². The summed E-state index contributed by atoms with van der Waals surface area (Å²) >= 11 is 0. The van der Waals surface area contributed by atoms with Crippen molar-refractivity contribution in [3.05, 3.63) is 35.5 Å². The summed E-state index contributed by atoms with van der Waals surface area (Å²) in [6.45, 7) is 2.09. The van der Waals surface area contributed by atoms with Crippen molar-refractivity contribution < 1.29 is 0 Å². The number of nitrogens with one attached hydrogen (secondary N) is 1. The molecule has 0 saturated carbocycles. The highest BCUT2D eigenvalue weighted by Crippen LogP contribution is 2.21. The maximum Gasteiger partial charge on any atom is 0.0625 e. The Bertz CT molecular complexity index is 488. The zero-order valence-electron chi connectivity index (χ0n) is 8.17. The molecule has 70 valence electrons. The molecule has 0 spiro atoms. The van der Waals surface area contributed by atoms with Crippen molar-refractivity contribution in [3.8, 4) is 6.07 Å². The van der Waals surface area contributed by atoms with E-state index < -0.39 is 0 Å². The number of hydrogen-bond donors (Lipinski definition) is 1. The molecule has 1 aromatic carbocycles. The van der Waals surface area contributed by atoms with Gasteiger partial charge in [0, 0.05) is 23.5 Å². The summed E-state index contributed by atoms with van der Waals surface area (Å²) in [4.78, 5) is 3.26. The molecule has 2 heteroatoms. The summed E-state index contributed by atoms with van der Waals surface area (Å²) in [5, 5.41) is 9.81. The van der Waals surface area contributed by atoms with Gasteiger partial charge in [0.15, 0.2) is 0 Å². The van der Waals surface area contributed by atoms with E-state index in [0.717, 1.165) is 6.42 Å². The third kappa shape index (κ3) is 1.38. The SMILES string of the molecule is Cc1c[nH]c2c(CCC#N)cccc12. The molecule has 2 rings (SSSR count). The molecule has 0 amide bonds. The first-order chi connectivity index (χ1) is 6.83. The Hall–Kier alpha value is -1.75. The van der Waals surface area contributed by atoms with Gasteiger partial charge in [0.1, 0.15) is 0 Å². The van der Waals surface area contributed by atoms with Gasteiger partial charge >= 0.3 is 0 Å². The van der Waals surface area contributed by atoms with Crippen LogP contribution in [0.5, 0.6) is 0 Å². The lowest BCUT2D eigenvalue weighted by Crippen LogP contribution is -1.85. The Labute approximate surface area is 83.2 Å². The van der Waals surface area contributed by atoms with E-state index in [1.807, 2.05) is 6.20 Å². The second-order valence-corrected chi connectivity index (χ2v) is 3.47. The van der Waals surface area contributed by atoms with Crippen LogP contribution in [0.4, 0.5) is 0 Å². The number of hydrogen-bond acceptors (Lipinski definition) is 1. The summed E-state index contributed by atoms with van der Waals surface area (Å²) in [5.74, 6) is 0. The molecule has 0 aliphatic carbocycles. The summed E-state index contributed by atoms with van der Waals surface area (Å²) < 4.78 is 0. The quantitative estimate of drug-likeness (QED) is 0.765. The Morgan fingerprint density at radius 1 is 1.43 bits per heavy atom. The van der Waals surface area contributed by atoms with E-state index >= 15 is 0 Å². The minimum absolute atomic E-state index is 0.581. The summed E-state index contributed by atoms with van der Waals surface area (Å²) in [7, 11) is 0. The number of benzene rings is 1. The van der Waals surface area contributed by atoms with Crippen LogP contribution in [-0.4, -0.2) is 4.98 Å². The number of H-pyrrole nitrogens is 1. The number of rotatable bonds is 2. The number of nitrogens with zero attached hydrogens (tertiary/aromatic N) is 1. The lowest BCUT2D eigenvalue weighted by atomic mass is 10.1. The Morgan fingerprint density at radius 2 is 2.29 bits per heavy atom. The Kier molecular flexibility index (Phi) is 2.24. The molecule has 0 aliphatic rings. The van der Waals surface area contributed by atoms with Crippen LogP contribution in [0.15, 0.2) is 24.4 Å². The van der Waals surface area contributed by atoms with E-state index in [1.165, 1.54) is 22.0 Å². The van der Waals surface area contributed by atoms with Crippen LogP contribution < -0.4 is 0 Å². The van der Waals surface area contributed by atoms with Crippen LogP contribution in [0.25, 0.3) is 10.9 Å². The third-order valence-electron chi connectivity index (χ3n) is 2.51. The highest BCUT2D eigenvalue weighted by molar-refractivity contribution is 5.85. The zero-order valence-corrected chi connectivity index (χ0v) is 8.17. The van der Waals surface area contributed by atoms with Gasteiger partial charge in [-0.1, -0.05) is 18.2 Å². The summed E-state index contributed by atoms with van der Waals surface area (Å²) in [6.07, 6.45) is 3.42. The molecule has 0 fully saturated rings. The molecular weight excluding hydrogens is 172 g/mol. The van der Waals surface area contributed by atoms with Crippen molar-refractivity contribution in [1.82, 2.24) is 4.98 Å². The normalized spacial score (nSPS) is 10.3. The van der Waals surface area contributed by atoms with Gasteiger partial charge in [-0.25, -0.2) is 0 Å². The lowest BCUT2D eigenvalue weighted by molar-refractivity contribution is 1.02. The number of nitriles is 1. The fourth-order valence-corrected chi connectivity index (χ4v) is 1.76. The fraction of sp³-hybridized carbons (Fsp3) is 0.250. The number of aromatic nitrogens is 1. The van der Waals surface area contributed by atoms with Gasteiger partial charge in [-0.05, 0) is 24.5 Å². The van der Waals surface area contributed by atoms with Crippen molar-refractivity contribution in [2.75, 3.05) is 0 Å². The van der Waals surface area contributed by atoms with Gasteiger partial charge in [-0.2, -0.15) is 5.26 Å². The molecule has 2 aromatic rings. The molecule has 14 heavy (non-hydrogen) atoms. The molecule has 0 aliphatic heterocycles. The smallest absolute Gasteiger partial charge is 0.0625 e. The van der Waals surface area contributed by atoms with Gasteiger partial charge in [0.05, 0.1) is 6.07 Å². The molecule has 0 unspecified atom stereocenters. The largest absolute Gasteiger partial charge is 0.361 e. The second-order valence-electron chi connectivity index (χ2n) is 3.47. The second kappa shape index (κ2) is 3.55. The van der Waals surface area contributed by atoms with Crippen molar-refractivity contribution >= 4 is 10.9 Å². The van der Waals surface area contributed by atoms with Crippen molar-refractivity contribution in [3.63, 3.8) is 0 Å². The van der Waals surface area contributed by atoms with Crippen molar-refractivity contribution in [2.45, 2.75) is 19.8 Å². The molecular formula is C12H12N2. The summed E-state index contributed by atoms with van der Waals surface area (Å²) in [6, 6.07) is 8.41. The number of para-hydroxylation sites is 1. The molecule has 1 heterocycles. The minimum atomic E-state index is 0.581. The maximum atomic E-state index is 8.54. The molecule has 1 aromatic heterocycles. The minimum Gasteiger partial charge on any atom is -0.361 e. The molecule has 0 atom stereocenters. The van der Waals surface area contributed by atoms with Crippen molar-refractivity contribution in [2.24, 2.45) is 0 Å². The first kappa shape index (κ1) is 8.83. The first-order valence-corrected chi connectivity index (χ1v) is 4.75. The van der Waals surface area contributed by atoms with Crippen LogP contribution in [0.1, 0.15) is 17.5 Å². The van der Waals surface area contributed by atoms with Crippen molar-refractivity contribution in [1.29, 1.82) is 5.26 Å².